The fourth-order valence-electron chi connectivity index (χ4n) is 3.39. The van der Waals surface area contributed by atoms with Crippen molar-refractivity contribution in [2.45, 2.75) is 39.0 Å². The smallest absolute Gasteiger partial charge is 0.255 e. The van der Waals surface area contributed by atoms with Gasteiger partial charge in [0.15, 0.2) is 0 Å². The third kappa shape index (κ3) is 5.22. The number of carbonyl (C=O) groups excluding carboxylic acids is 1. The van der Waals surface area contributed by atoms with Crippen LogP contribution in [0.1, 0.15) is 49.4 Å². The van der Waals surface area contributed by atoms with Crippen LogP contribution in [0.15, 0.2) is 42.6 Å². The largest absolute Gasteiger partial charge is 0.372 e. The Morgan fingerprint density at radius 3 is 2.59 bits per heavy atom. The van der Waals surface area contributed by atoms with Crippen LogP contribution in [-0.4, -0.2) is 37.6 Å². The third-order valence-electron chi connectivity index (χ3n) is 5.09. The highest BCUT2D eigenvalue weighted by molar-refractivity contribution is 6.04. The predicted molar refractivity (Wildman–Crippen MR) is 113 cm³/mol. The quantitative estimate of drug-likeness (QED) is 0.780. The lowest BCUT2D eigenvalue weighted by Crippen LogP contribution is -2.29. The molecular formula is C22H30N4O. The second-order valence-corrected chi connectivity index (χ2v) is 7.23. The first-order valence-electron chi connectivity index (χ1n) is 10.0. The number of benzene rings is 1. The molecule has 5 heteroatoms. The molecule has 0 aliphatic carbocycles. The molecule has 1 aromatic carbocycles. The number of rotatable bonds is 7. The summed E-state index contributed by atoms with van der Waals surface area (Å²) in [4.78, 5) is 21.5. The summed E-state index contributed by atoms with van der Waals surface area (Å²) in [7, 11) is 2.01. The number of nitrogens with one attached hydrogen (secondary N) is 1. The number of carbonyl (C=O) groups is 1. The molecule has 1 aromatic heterocycles. The minimum Gasteiger partial charge on any atom is -0.372 e. The predicted octanol–water partition coefficient (Wildman–Crippen LogP) is 4.56. The molecule has 0 spiro atoms. The number of aromatic nitrogens is 1. The topological polar surface area (TPSA) is 48.5 Å². The Morgan fingerprint density at radius 2 is 1.89 bits per heavy atom. The van der Waals surface area contributed by atoms with E-state index < -0.39 is 0 Å². The van der Waals surface area contributed by atoms with Crippen LogP contribution in [0, 0.1) is 0 Å². The molecule has 0 saturated carbocycles. The Labute approximate surface area is 162 Å². The van der Waals surface area contributed by atoms with E-state index in [1.165, 1.54) is 24.9 Å². The minimum absolute atomic E-state index is 0.103. The molecule has 1 aliphatic rings. The molecule has 1 aliphatic heterocycles. The first-order chi connectivity index (χ1) is 13.2. The van der Waals surface area contributed by atoms with Crippen molar-refractivity contribution in [3.05, 3.63) is 48.2 Å². The number of nitrogens with zero attached hydrogens (tertiary/aromatic N) is 3. The molecule has 144 valence electrons. The van der Waals surface area contributed by atoms with E-state index in [1.54, 1.807) is 12.3 Å². The summed E-state index contributed by atoms with van der Waals surface area (Å²) in [6, 6.07) is 11.8. The zero-order valence-corrected chi connectivity index (χ0v) is 16.4. The van der Waals surface area contributed by atoms with Crippen molar-refractivity contribution in [3.8, 4) is 0 Å². The number of hydrogen-bond acceptors (Lipinski definition) is 4. The molecule has 1 amide bonds. The van der Waals surface area contributed by atoms with Gasteiger partial charge in [-0.2, -0.15) is 0 Å². The van der Waals surface area contributed by atoms with Crippen molar-refractivity contribution in [3.63, 3.8) is 0 Å². The van der Waals surface area contributed by atoms with Crippen LogP contribution < -0.4 is 15.1 Å². The Kier molecular flexibility index (Phi) is 6.69. The van der Waals surface area contributed by atoms with Gasteiger partial charge in [0, 0.05) is 49.8 Å². The molecule has 5 nitrogen and oxygen atoms in total. The van der Waals surface area contributed by atoms with E-state index in [1.807, 2.05) is 25.2 Å². The van der Waals surface area contributed by atoms with E-state index in [-0.39, 0.29) is 5.91 Å². The van der Waals surface area contributed by atoms with E-state index in [9.17, 15) is 4.79 Å². The highest BCUT2D eigenvalue weighted by atomic mass is 16.1. The van der Waals surface area contributed by atoms with Crippen LogP contribution >= 0.6 is 0 Å². The van der Waals surface area contributed by atoms with Gasteiger partial charge in [-0.05, 0) is 62.1 Å². The second-order valence-electron chi connectivity index (χ2n) is 7.23. The normalized spacial score (nSPS) is 14.1. The van der Waals surface area contributed by atoms with Crippen molar-refractivity contribution in [2.75, 3.05) is 41.8 Å². The Bertz CT molecular complexity index is 738. The van der Waals surface area contributed by atoms with Crippen molar-refractivity contribution >= 4 is 23.1 Å². The number of anilines is 3. The van der Waals surface area contributed by atoms with Crippen molar-refractivity contribution in [2.24, 2.45) is 0 Å². The molecule has 0 bridgehead atoms. The lowest BCUT2D eigenvalue weighted by Gasteiger charge is -2.28. The van der Waals surface area contributed by atoms with Gasteiger partial charge in [-0.3, -0.25) is 4.79 Å². The summed E-state index contributed by atoms with van der Waals surface area (Å²) in [5.74, 6) is 0.727. The summed E-state index contributed by atoms with van der Waals surface area (Å²) in [6.07, 6.45) is 7.79. The lowest BCUT2D eigenvalue weighted by atomic mass is 10.1. The highest BCUT2D eigenvalue weighted by Gasteiger charge is 2.12. The highest BCUT2D eigenvalue weighted by Crippen LogP contribution is 2.22. The van der Waals surface area contributed by atoms with Gasteiger partial charge in [0.1, 0.15) is 5.82 Å². The summed E-state index contributed by atoms with van der Waals surface area (Å²) in [5, 5.41) is 2.99. The fraction of sp³-hybridized carbons (Fsp3) is 0.455. The lowest BCUT2D eigenvalue weighted by molar-refractivity contribution is 0.102. The monoisotopic (exact) mass is 366 g/mol. The summed E-state index contributed by atoms with van der Waals surface area (Å²) in [5.41, 5.74) is 2.68. The molecule has 0 unspecified atom stereocenters. The molecular weight excluding hydrogens is 336 g/mol. The van der Waals surface area contributed by atoms with Gasteiger partial charge in [-0.15, -0.1) is 0 Å². The third-order valence-corrected chi connectivity index (χ3v) is 5.09. The van der Waals surface area contributed by atoms with Gasteiger partial charge in [0.25, 0.3) is 5.91 Å². The van der Waals surface area contributed by atoms with Crippen LogP contribution in [0.25, 0.3) is 0 Å². The van der Waals surface area contributed by atoms with Crippen LogP contribution in [0.5, 0.6) is 0 Å². The molecule has 2 heterocycles. The number of unbranched alkanes of at least 4 members (excludes halogenated alkanes) is 1. The zero-order valence-electron chi connectivity index (χ0n) is 16.4. The van der Waals surface area contributed by atoms with Crippen molar-refractivity contribution in [1.82, 2.24) is 4.98 Å². The van der Waals surface area contributed by atoms with E-state index >= 15 is 0 Å². The average Bonchev–Trinajstić information content (AvgIpc) is 2.73. The van der Waals surface area contributed by atoms with Crippen LogP contribution in [0.4, 0.5) is 17.2 Å². The Morgan fingerprint density at radius 1 is 1.15 bits per heavy atom. The maximum atomic E-state index is 12.6. The first-order valence-corrected chi connectivity index (χ1v) is 10.0. The molecule has 0 atom stereocenters. The Balaban J connectivity index is 1.63. The minimum atomic E-state index is -0.103. The van der Waals surface area contributed by atoms with Crippen LogP contribution in [0.2, 0.25) is 0 Å². The molecule has 2 aromatic rings. The molecule has 1 saturated heterocycles. The molecule has 1 fully saturated rings. The van der Waals surface area contributed by atoms with Crippen LogP contribution in [0.3, 0.4) is 0 Å². The molecule has 27 heavy (non-hydrogen) atoms. The molecule has 3 rings (SSSR count). The van der Waals surface area contributed by atoms with E-state index in [0.717, 1.165) is 44.0 Å². The van der Waals surface area contributed by atoms with Gasteiger partial charge in [0.2, 0.25) is 0 Å². The second kappa shape index (κ2) is 9.40. The van der Waals surface area contributed by atoms with Gasteiger partial charge in [-0.1, -0.05) is 13.3 Å². The van der Waals surface area contributed by atoms with Gasteiger partial charge in [0.05, 0.1) is 0 Å². The van der Waals surface area contributed by atoms with Crippen molar-refractivity contribution < 1.29 is 4.79 Å². The number of amides is 1. The summed E-state index contributed by atoms with van der Waals surface area (Å²) < 4.78 is 0. The van der Waals surface area contributed by atoms with Gasteiger partial charge < -0.3 is 15.1 Å². The summed E-state index contributed by atoms with van der Waals surface area (Å²) in [6.45, 7) is 5.35. The Hall–Kier alpha value is -2.56. The number of hydrogen-bond donors (Lipinski definition) is 1. The van der Waals surface area contributed by atoms with Gasteiger partial charge >= 0.3 is 0 Å². The number of piperidine rings is 1. The van der Waals surface area contributed by atoms with E-state index in [0.29, 0.717) is 5.56 Å². The SMILES string of the molecule is CCCCN(C)c1cc(C(=O)Nc2ccc(N3CCCCC3)cc2)ccn1. The van der Waals surface area contributed by atoms with E-state index in [4.69, 9.17) is 0 Å². The first kappa shape index (κ1) is 19.2. The standard InChI is InChI=1S/C22H30N4O/c1-3-4-14-25(2)21-17-18(12-13-23-21)22(27)24-19-8-10-20(11-9-19)26-15-6-5-7-16-26/h8-13,17H,3-7,14-16H2,1-2H3,(H,24,27). The number of pyridine rings is 1. The fourth-order valence-corrected chi connectivity index (χ4v) is 3.39. The van der Waals surface area contributed by atoms with Crippen molar-refractivity contribution in [1.29, 1.82) is 0 Å². The zero-order chi connectivity index (χ0) is 19.1. The van der Waals surface area contributed by atoms with E-state index in [2.05, 4.69) is 39.2 Å². The van der Waals surface area contributed by atoms with Crippen LogP contribution in [-0.2, 0) is 0 Å². The maximum Gasteiger partial charge on any atom is 0.255 e. The maximum absolute atomic E-state index is 12.6. The molecule has 0 radical (unpaired) electrons. The average molecular weight is 367 g/mol. The van der Waals surface area contributed by atoms with Gasteiger partial charge in [-0.25, -0.2) is 4.98 Å². The summed E-state index contributed by atoms with van der Waals surface area (Å²) >= 11 is 0. The molecule has 1 N–H and O–H groups in total.